The Kier molecular flexibility index (Phi) is 5.03. The first-order valence-corrected chi connectivity index (χ1v) is 3.50. The van der Waals surface area contributed by atoms with Crippen LogP contribution in [0.3, 0.4) is 0 Å². The average molecular weight is 176 g/mol. The SMILES string of the molecule is CC(=O)/C=C(\CCl)N=C=S. The first-order valence-electron chi connectivity index (χ1n) is 2.55. The van der Waals surface area contributed by atoms with Crippen molar-refractivity contribution >= 4 is 34.8 Å². The molecular weight excluding hydrogens is 170 g/mol. The molecule has 0 saturated heterocycles. The molecule has 0 saturated carbocycles. The fourth-order valence-electron chi connectivity index (χ4n) is 0.394. The number of halogens is 1. The van der Waals surface area contributed by atoms with Gasteiger partial charge in [0.15, 0.2) is 5.78 Å². The molecule has 0 unspecified atom stereocenters. The number of nitrogens with zero attached hydrogens (tertiary/aromatic N) is 1. The first-order chi connectivity index (χ1) is 4.70. The third kappa shape index (κ3) is 4.39. The maximum Gasteiger partial charge on any atom is 0.154 e. The summed E-state index contributed by atoms with van der Waals surface area (Å²) in [5.41, 5.74) is 0.448. The van der Waals surface area contributed by atoms with Crippen molar-refractivity contribution in [1.29, 1.82) is 0 Å². The normalized spacial score (nSPS) is 10.4. The number of carbonyl (C=O) groups excluding carboxylic acids is 1. The topological polar surface area (TPSA) is 29.4 Å². The van der Waals surface area contributed by atoms with Crippen molar-refractivity contribution in [2.45, 2.75) is 6.92 Å². The number of isothiocyanates is 1. The van der Waals surface area contributed by atoms with E-state index in [9.17, 15) is 4.79 Å². The van der Waals surface area contributed by atoms with E-state index in [0.717, 1.165) is 0 Å². The van der Waals surface area contributed by atoms with Crippen LogP contribution in [0.25, 0.3) is 0 Å². The summed E-state index contributed by atoms with van der Waals surface area (Å²) in [7, 11) is 0. The molecular formula is C6H6ClNOS. The summed E-state index contributed by atoms with van der Waals surface area (Å²) in [6.07, 6.45) is 1.33. The number of rotatable bonds is 3. The molecule has 2 nitrogen and oxygen atoms in total. The van der Waals surface area contributed by atoms with Gasteiger partial charge in [0.1, 0.15) is 0 Å². The Morgan fingerprint density at radius 2 is 2.50 bits per heavy atom. The fraction of sp³-hybridized carbons (Fsp3) is 0.333. The summed E-state index contributed by atoms with van der Waals surface area (Å²) >= 11 is 9.71. The Hall–Kier alpha value is -0.500. The minimum absolute atomic E-state index is 0.0929. The van der Waals surface area contributed by atoms with Crippen LogP contribution >= 0.6 is 23.8 Å². The zero-order valence-corrected chi connectivity index (χ0v) is 7.00. The molecule has 0 aromatic carbocycles. The molecule has 0 radical (unpaired) electrons. The standard InChI is InChI=1S/C6H6ClNOS/c1-5(9)2-6(3-7)8-4-10/h2H,3H2,1H3/b6-2+. The average Bonchev–Trinajstić information content (AvgIpc) is 1.86. The zero-order chi connectivity index (χ0) is 7.98. The monoisotopic (exact) mass is 175 g/mol. The molecule has 0 aliphatic heterocycles. The Labute approximate surface area is 69.6 Å². The van der Waals surface area contributed by atoms with Crippen LogP contribution in [0.15, 0.2) is 16.8 Å². The molecule has 0 amide bonds. The van der Waals surface area contributed by atoms with E-state index in [1.165, 1.54) is 13.0 Å². The van der Waals surface area contributed by atoms with Crippen LogP contribution in [0.4, 0.5) is 0 Å². The van der Waals surface area contributed by atoms with Crippen molar-refractivity contribution in [2.24, 2.45) is 4.99 Å². The lowest BCUT2D eigenvalue weighted by Crippen LogP contribution is -1.87. The summed E-state index contributed by atoms with van der Waals surface area (Å²) in [6.45, 7) is 1.42. The molecule has 0 bridgehead atoms. The van der Waals surface area contributed by atoms with E-state index in [1.54, 1.807) is 0 Å². The third-order valence-corrected chi connectivity index (χ3v) is 1.06. The van der Waals surface area contributed by atoms with Gasteiger partial charge in [-0.25, -0.2) is 0 Å². The van der Waals surface area contributed by atoms with Gasteiger partial charge in [0.25, 0.3) is 0 Å². The molecule has 0 aromatic rings. The lowest BCUT2D eigenvalue weighted by Gasteiger charge is -1.87. The summed E-state index contributed by atoms with van der Waals surface area (Å²) in [4.78, 5) is 14.0. The number of allylic oxidation sites excluding steroid dienone is 2. The summed E-state index contributed by atoms with van der Waals surface area (Å²) < 4.78 is 0. The fourth-order valence-corrected chi connectivity index (χ4v) is 0.648. The highest BCUT2D eigenvalue weighted by Gasteiger charge is 1.92. The number of thiocarbonyl (C=S) groups is 1. The zero-order valence-electron chi connectivity index (χ0n) is 5.43. The number of alkyl halides is 1. The van der Waals surface area contributed by atoms with E-state index in [1.807, 2.05) is 0 Å². The molecule has 4 heteroatoms. The van der Waals surface area contributed by atoms with Gasteiger partial charge in [-0.05, 0) is 19.1 Å². The van der Waals surface area contributed by atoms with Gasteiger partial charge in [0.2, 0.25) is 0 Å². The molecule has 0 N–H and O–H groups in total. The molecule has 0 heterocycles. The number of hydrogen-bond donors (Lipinski definition) is 0. The Balaban J connectivity index is 4.32. The van der Waals surface area contributed by atoms with Crippen molar-refractivity contribution in [2.75, 3.05) is 5.88 Å². The Morgan fingerprint density at radius 1 is 1.90 bits per heavy atom. The number of ketones is 1. The molecule has 0 aliphatic carbocycles. The second kappa shape index (κ2) is 5.30. The van der Waals surface area contributed by atoms with Crippen LogP contribution in [0.2, 0.25) is 0 Å². The van der Waals surface area contributed by atoms with Gasteiger partial charge in [0.05, 0.1) is 16.7 Å². The molecule has 54 valence electrons. The van der Waals surface area contributed by atoms with Crippen LogP contribution in [0, 0.1) is 0 Å². The molecule has 0 aliphatic rings. The van der Waals surface area contributed by atoms with Crippen molar-refractivity contribution in [1.82, 2.24) is 0 Å². The quantitative estimate of drug-likeness (QED) is 0.283. The van der Waals surface area contributed by atoms with Crippen molar-refractivity contribution in [3.63, 3.8) is 0 Å². The molecule has 10 heavy (non-hydrogen) atoms. The minimum Gasteiger partial charge on any atom is -0.295 e. The van der Waals surface area contributed by atoms with Gasteiger partial charge in [-0.3, -0.25) is 4.79 Å². The number of aliphatic imine (C=N–C) groups is 1. The maximum absolute atomic E-state index is 10.4. The maximum atomic E-state index is 10.4. The second-order valence-electron chi connectivity index (χ2n) is 1.58. The lowest BCUT2D eigenvalue weighted by atomic mass is 10.3. The van der Waals surface area contributed by atoms with E-state index >= 15 is 0 Å². The summed E-state index contributed by atoms with van der Waals surface area (Å²) in [5.74, 6) is 0.0908. The van der Waals surface area contributed by atoms with Crippen molar-refractivity contribution in [3.05, 3.63) is 11.8 Å². The van der Waals surface area contributed by atoms with Crippen LogP contribution < -0.4 is 0 Å². The highest BCUT2D eigenvalue weighted by molar-refractivity contribution is 7.78. The predicted molar refractivity (Wildman–Crippen MR) is 44.5 cm³/mol. The van der Waals surface area contributed by atoms with Gasteiger partial charge in [-0.2, -0.15) is 4.99 Å². The summed E-state index contributed by atoms with van der Waals surface area (Å²) in [6, 6.07) is 0. The van der Waals surface area contributed by atoms with E-state index in [-0.39, 0.29) is 11.7 Å². The Bertz CT molecular complexity index is 206. The van der Waals surface area contributed by atoms with Gasteiger partial charge in [-0.15, -0.1) is 11.6 Å². The summed E-state index contributed by atoms with van der Waals surface area (Å²) in [5, 5.41) is 2.13. The van der Waals surface area contributed by atoms with E-state index in [0.29, 0.717) is 5.70 Å². The van der Waals surface area contributed by atoms with Gasteiger partial charge in [0, 0.05) is 6.08 Å². The third-order valence-electron chi connectivity index (χ3n) is 0.696. The predicted octanol–water partition coefficient (Wildman–Crippen LogP) is 1.80. The molecule has 0 aromatic heterocycles. The lowest BCUT2D eigenvalue weighted by molar-refractivity contribution is -0.112. The van der Waals surface area contributed by atoms with Gasteiger partial charge in [-0.1, -0.05) is 0 Å². The molecule has 0 atom stereocenters. The van der Waals surface area contributed by atoms with Crippen LogP contribution in [-0.2, 0) is 4.79 Å². The van der Waals surface area contributed by atoms with Crippen LogP contribution in [0.5, 0.6) is 0 Å². The molecule has 0 rings (SSSR count). The largest absolute Gasteiger partial charge is 0.295 e. The van der Waals surface area contributed by atoms with Crippen molar-refractivity contribution < 1.29 is 4.79 Å². The smallest absolute Gasteiger partial charge is 0.154 e. The van der Waals surface area contributed by atoms with E-state index in [2.05, 4.69) is 22.4 Å². The van der Waals surface area contributed by atoms with E-state index in [4.69, 9.17) is 11.6 Å². The van der Waals surface area contributed by atoms with Gasteiger partial charge < -0.3 is 0 Å². The molecule has 0 fully saturated rings. The first kappa shape index (κ1) is 9.50. The van der Waals surface area contributed by atoms with Crippen molar-refractivity contribution in [3.8, 4) is 0 Å². The highest BCUT2D eigenvalue weighted by atomic mass is 35.5. The van der Waals surface area contributed by atoms with Crippen LogP contribution in [0.1, 0.15) is 6.92 Å². The van der Waals surface area contributed by atoms with Crippen LogP contribution in [-0.4, -0.2) is 16.8 Å². The second-order valence-corrected chi connectivity index (χ2v) is 2.03. The minimum atomic E-state index is -0.0929. The number of hydrogen-bond acceptors (Lipinski definition) is 3. The molecule has 0 spiro atoms. The van der Waals surface area contributed by atoms with E-state index < -0.39 is 0 Å². The Morgan fingerprint density at radius 3 is 2.80 bits per heavy atom. The highest BCUT2D eigenvalue weighted by Crippen LogP contribution is 1.98. The number of carbonyl (C=O) groups is 1. The van der Waals surface area contributed by atoms with Gasteiger partial charge >= 0.3 is 0 Å².